The van der Waals surface area contributed by atoms with E-state index in [1.165, 1.54) is 12.1 Å². The molecule has 2 atom stereocenters. The summed E-state index contributed by atoms with van der Waals surface area (Å²) >= 11 is 0. The lowest BCUT2D eigenvalue weighted by atomic mass is 10.0. The molecule has 2 rings (SSSR count). The van der Waals surface area contributed by atoms with E-state index in [4.69, 9.17) is 5.11 Å². The number of alkyl halides is 3. The Morgan fingerprint density at radius 2 is 1.95 bits per heavy atom. The van der Waals surface area contributed by atoms with Crippen LogP contribution in [0.3, 0.4) is 0 Å². The summed E-state index contributed by atoms with van der Waals surface area (Å²) in [5.74, 6) is -2.29. The first-order valence-corrected chi connectivity index (χ1v) is 6.42. The van der Waals surface area contributed by atoms with E-state index in [1.807, 2.05) is 0 Å². The standard InChI is InChI=1S/C14H16F3NO2/c1-9-12(14(15,16)17)6-7-18(9)8-10-2-4-11(5-3-10)13(19)20/h2-5,9,12H,6-8H2,1H3,(H,19,20). The fraction of sp³-hybridized carbons (Fsp3) is 0.500. The summed E-state index contributed by atoms with van der Waals surface area (Å²) in [6, 6.07) is 5.70. The van der Waals surface area contributed by atoms with Gasteiger partial charge in [-0.3, -0.25) is 4.90 Å². The SMILES string of the molecule is CC1C(C(F)(F)F)CCN1Cc1ccc(C(=O)O)cc1. The molecule has 3 nitrogen and oxygen atoms in total. The van der Waals surface area contributed by atoms with Crippen molar-refractivity contribution in [2.75, 3.05) is 6.54 Å². The molecule has 6 heteroatoms. The van der Waals surface area contributed by atoms with Gasteiger partial charge in [0.15, 0.2) is 0 Å². The van der Waals surface area contributed by atoms with Crippen molar-refractivity contribution in [3.8, 4) is 0 Å². The minimum absolute atomic E-state index is 0.123. The molecule has 0 spiro atoms. The number of nitrogens with zero attached hydrogens (tertiary/aromatic N) is 1. The molecule has 20 heavy (non-hydrogen) atoms. The van der Waals surface area contributed by atoms with E-state index in [-0.39, 0.29) is 12.0 Å². The van der Waals surface area contributed by atoms with Crippen molar-refractivity contribution in [2.24, 2.45) is 5.92 Å². The monoisotopic (exact) mass is 287 g/mol. The van der Waals surface area contributed by atoms with E-state index in [0.717, 1.165) is 5.56 Å². The van der Waals surface area contributed by atoms with Gasteiger partial charge in [-0.25, -0.2) is 4.79 Å². The Morgan fingerprint density at radius 1 is 1.35 bits per heavy atom. The smallest absolute Gasteiger partial charge is 0.393 e. The normalized spacial score (nSPS) is 24.0. The van der Waals surface area contributed by atoms with Crippen LogP contribution in [-0.4, -0.2) is 34.7 Å². The number of rotatable bonds is 3. The van der Waals surface area contributed by atoms with Crippen LogP contribution >= 0.6 is 0 Å². The van der Waals surface area contributed by atoms with Gasteiger partial charge in [0.25, 0.3) is 0 Å². The Labute approximate surface area is 115 Å². The Hall–Kier alpha value is -1.56. The number of carboxylic acids is 1. The quantitative estimate of drug-likeness (QED) is 0.928. The molecular weight excluding hydrogens is 271 g/mol. The molecule has 1 aromatic carbocycles. The lowest BCUT2D eigenvalue weighted by Gasteiger charge is -2.25. The van der Waals surface area contributed by atoms with Crippen molar-refractivity contribution < 1.29 is 23.1 Å². The molecule has 1 aromatic rings. The van der Waals surface area contributed by atoms with Gasteiger partial charge in [-0.2, -0.15) is 13.2 Å². The Morgan fingerprint density at radius 3 is 2.40 bits per heavy atom. The maximum atomic E-state index is 12.8. The molecule has 110 valence electrons. The van der Waals surface area contributed by atoms with Crippen LogP contribution in [0.4, 0.5) is 13.2 Å². The molecular formula is C14H16F3NO2. The lowest BCUT2D eigenvalue weighted by molar-refractivity contribution is -0.178. The summed E-state index contributed by atoms with van der Waals surface area (Å²) in [6.07, 6.45) is -4.03. The molecule has 2 unspecified atom stereocenters. The third kappa shape index (κ3) is 3.12. The highest BCUT2D eigenvalue weighted by Gasteiger charge is 2.47. The van der Waals surface area contributed by atoms with Crippen molar-refractivity contribution in [3.05, 3.63) is 35.4 Å². The number of likely N-dealkylation sites (tertiary alicyclic amines) is 1. The highest BCUT2D eigenvalue weighted by Crippen LogP contribution is 2.38. The zero-order chi connectivity index (χ0) is 14.9. The van der Waals surface area contributed by atoms with Gasteiger partial charge in [-0.1, -0.05) is 12.1 Å². The molecule has 0 bridgehead atoms. The Kier molecular flexibility index (Phi) is 4.04. The molecule has 1 aliphatic heterocycles. The van der Waals surface area contributed by atoms with Gasteiger partial charge >= 0.3 is 12.1 Å². The minimum Gasteiger partial charge on any atom is -0.478 e. The number of aromatic carboxylic acids is 1. The fourth-order valence-corrected chi connectivity index (χ4v) is 2.65. The maximum Gasteiger partial charge on any atom is 0.393 e. The summed E-state index contributed by atoms with van der Waals surface area (Å²) in [7, 11) is 0. The summed E-state index contributed by atoms with van der Waals surface area (Å²) in [4.78, 5) is 12.5. The molecule has 0 aliphatic carbocycles. The van der Waals surface area contributed by atoms with E-state index < -0.39 is 24.1 Å². The number of hydrogen-bond acceptors (Lipinski definition) is 2. The van der Waals surface area contributed by atoms with Crippen molar-refractivity contribution in [1.82, 2.24) is 4.90 Å². The average Bonchev–Trinajstić information content (AvgIpc) is 2.71. The molecule has 1 aliphatic rings. The first-order chi connectivity index (χ1) is 9.29. The second-order valence-corrected chi connectivity index (χ2v) is 5.15. The highest BCUT2D eigenvalue weighted by atomic mass is 19.4. The zero-order valence-corrected chi connectivity index (χ0v) is 11.0. The Bertz CT molecular complexity index is 484. The number of carbonyl (C=O) groups is 1. The van der Waals surface area contributed by atoms with Gasteiger partial charge in [0.2, 0.25) is 0 Å². The third-order valence-corrected chi connectivity index (χ3v) is 3.89. The predicted octanol–water partition coefficient (Wildman–Crippen LogP) is 3.16. The summed E-state index contributed by atoms with van der Waals surface area (Å²) in [5, 5.41) is 8.79. The highest BCUT2D eigenvalue weighted by molar-refractivity contribution is 5.87. The van der Waals surface area contributed by atoms with Crippen LogP contribution in [0.1, 0.15) is 29.3 Å². The molecule has 1 fully saturated rings. The van der Waals surface area contributed by atoms with Crippen LogP contribution < -0.4 is 0 Å². The zero-order valence-electron chi connectivity index (χ0n) is 11.0. The second-order valence-electron chi connectivity index (χ2n) is 5.15. The van der Waals surface area contributed by atoms with Crippen LogP contribution in [0.2, 0.25) is 0 Å². The van der Waals surface area contributed by atoms with Gasteiger partial charge in [0.1, 0.15) is 0 Å². The van der Waals surface area contributed by atoms with Gasteiger partial charge in [-0.05, 0) is 37.6 Å². The van der Waals surface area contributed by atoms with Crippen molar-refractivity contribution >= 4 is 5.97 Å². The molecule has 0 saturated carbocycles. The molecule has 0 radical (unpaired) electrons. The van der Waals surface area contributed by atoms with Crippen molar-refractivity contribution in [2.45, 2.75) is 32.1 Å². The molecule has 1 N–H and O–H groups in total. The van der Waals surface area contributed by atoms with E-state index >= 15 is 0 Å². The first-order valence-electron chi connectivity index (χ1n) is 6.42. The first kappa shape index (κ1) is 14.8. The van der Waals surface area contributed by atoms with Gasteiger partial charge in [0, 0.05) is 12.6 Å². The topological polar surface area (TPSA) is 40.5 Å². The maximum absolute atomic E-state index is 12.8. The summed E-state index contributed by atoms with van der Waals surface area (Å²) < 4.78 is 38.3. The van der Waals surface area contributed by atoms with Crippen LogP contribution in [0.5, 0.6) is 0 Å². The fourth-order valence-electron chi connectivity index (χ4n) is 2.65. The van der Waals surface area contributed by atoms with E-state index in [1.54, 1.807) is 24.0 Å². The van der Waals surface area contributed by atoms with E-state index in [9.17, 15) is 18.0 Å². The lowest BCUT2D eigenvalue weighted by Crippen LogP contribution is -2.35. The third-order valence-electron chi connectivity index (χ3n) is 3.89. The minimum atomic E-state index is -4.15. The van der Waals surface area contributed by atoms with Crippen LogP contribution in [0, 0.1) is 5.92 Å². The van der Waals surface area contributed by atoms with Crippen LogP contribution in [0.25, 0.3) is 0 Å². The van der Waals surface area contributed by atoms with E-state index in [0.29, 0.717) is 13.1 Å². The second kappa shape index (κ2) is 5.44. The summed E-state index contributed by atoms with van der Waals surface area (Å²) in [5.41, 5.74) is 1.00. The van der Waals surface area contributed by atoms with E-state index in [2.05, 4.69) is 0 Å². The molecule has 0 amide bonds. The number of halogens is 3. The molecule has 0 aromatic heterocycles. The number of benzene rings is 1. The van der Waals surface area contributed by atoms with Gasteiger partial charge in [0.05, 0.1) is 11.5 Å². The number of hydrogen-bond donors (Lipinski definition) is 1. The van der Waals surface area contributed by atoms with Gasteiger partial charge in [-0.15, -0.1) is 0 Å². The average molecular weight is 287 g/mol. The number of carboxylic acid groups (broad SMARTS) is 1. The van der Waals surface area contributed by atoms with Crippen LogP contribution in [-0.2, 0) is 6.54 Å². The van der Waals surface area contributed by atoms with Gasteiger partial charge < -0.3 is 5.11 Å². The molecule has 1 heterocycles. The predicted molar refractivity (Wildman–Crippen MR) is 67.4 cm³/mol. The van der Waals surface area contributed by atoms with Crippen molar-refractivity contribution in [3.63, 3.8) is 0 Å². The van der Waals surface area contributed by atoms with Crippen LogP contribution in [0.15, 0.2) is 24.3 Å². The molecule has 1 saturated heterocycles. The largest absolute Gasteiger partial charge is 0.478 e. The summed E-state index contributed by atoms with van der Waals surface area (Å²) in [6.45, 7) is 2.41. The Balaban J connectivity index is 2.02. The van der Waals surface area contributed by atoms with Crippen molar-refractivity contribution in [1.29, 1.82) is 0 Å².